The van der Waals surface area contributed by atoms with Crippen LogP contribution >= 0.6 is 27.3 Å². The molecule has 1 N–H and O–H groups in total. The number of aromatic nitrogens is 1. The van der Waals surface area contributed by atoms with Crippen LogP contribution in [-0.4, -0.2) is 10.9 Å². The molecule has 1 amide bonds. The normalized spacial score (nSPS) is 10.0. The summed E-state index contributed by atoms with van der Waals surface area (Å²) in [6.45, 7) is 3.80. The fraction of sp³-hybridized carbons (Fsp3) is 0.154. The Morgan fingerprint density at radius 1 is 1.47 bits per heavy atom. The van der Waals surface area contributed by atoms with Gasteiger partial charge in [-0.1, -0.05) is 0 Å². The first-order valence-electron chi connectivity index (χ1n) is 5.46. The number of amides is 1. The fourth-order valence-corrected chi connectivity index (χ4v) is 2.78. The van der Waals surface area contributed by atoms with Crippen LogP contribution in [-0.2, 0) is 0 Å². The third-order valence-electron chi connectivity index (χ3n) is 2.71. The highest BCUT2D eigenvalue weighted by Crippen LogP contribution is 2.31. The Kier molecular flexibility index (Phi) is 3.98. The molecule has 0 aliphatic rings. The third kappa shape index (κ3) is 2.83. The number of carbonyl (C=O) groups is 1. The van der Waals surface area contributed by atoms with Gasteiger partial charge in [0.05, 0.1) is 11.1 Å². The number of pyridine rings is 1. The highest BCUT2D eigenvalue weighted by molar-refractivity contribution is 9.10. The number of carbonyl (C=O) groups excluding carboxylic acids is 1. The van der Waals surface area contributed by atoms with Gasteiger partial charge in [0.2, 0.25) is 0 Å². The van der Waals surface area contributed by atoms with E-state index in [0.717, 1.165) is 10.4 Å². The van der Waals surface area contributed by atoms with Crippen LogP contribution in [0.25, 0.3) is 0 Å². The minimum Gasteiger partial charge on any atom is -0.312 e. The van der Waals surface area contributed by atoms with Crippen LogP contribution in [0.4, 0.5) is 5.00 Å². The Bertz CT molecular complexity index is 670. The maximum absolute atomic E-state index is 12.0. The summed E-state index contributed by atoms with van der Waals surface area (Å²) in [6, 6.07) is 5.50. The Balaban J connectivity index is 2.27. The first-order chi connectivity index (χ1) is 9.02. The van der Waals surface area contributed by atoms with Gasteiger partial charge < -0.3 is 5.32 Å². The van der Waals surface area contributed by atoms with E-state index in [4.69, 9.17) is 5.26 Å². The molecule has 0 unspecified atom stereocenters. The number of nitrogens with one attached hydrogen (secondary N) is 1. The van der Waals surface area contributed by atoms with E-state index < -0.39 is 0 Å². The molecule has 0 saturated heterocycles. The lowest BCUT2D eigenvalue weighted by molar-refractivity contribution is 0.102. The molecule has 0 aromatic carbocycles. The summed E-state index contributed by atoms with van der Waals surface area (Å²) in [4.78, 5) is 17.1. The van der Waals surface area contributed by atoms with E-state index in [1.54, 1.807) is 12.1 Å². The number of hydrogen-bond donors (Lipinski definition) is 1. The number of thiophene rings is 1. The molecule has 0 radical (unpaired) electrons. The monoisotopic (exact) mass is 335 g/mol. The molecule has 2 aromatic heterocycles. The van der Waals surface area contributed by atoms with Crippen molar-refractivity contribution in [2.75, 3.05) is 5.32 Å². The van der Waals surface area contributed by atoms with Gasteiger partial charge in [-0.25, -0.2) is 4.98 Å². The van der Waals surface area contributed by atoms with E-state index in [0.29, 0.717) is 20.7 Å². The van der Waals surface area contributed by atoms with Crippen molar-refractivity contribution < 1.29 is 4.79 Å². The molecule has 2 rings (SSSR count). The predicted octanol–water partition coefficient (Wildman–Crippen LogP) is 3.65. The van der Waals surface area contributed by atoms with E-state index in [-0.39, 0.29) is 5.91 Å². The van der Waals surface area contributed by atoms with Gasteiger partial charge in [-0.2, -0.15) is 5.26 Å². The van der Waals surface area contributed by atoms with Crippen molar-refractivity contribution in [1.29, 1.82) is 5.26 Å². The quantitative estimate of drug-likeness (QED) is 0.852. The third-order valence-corrected chi connectivity index (χ3v) is 4.31. The first-order valence-corrected chi connectivity index (χ1v) is 7.07. The van der Waals surface area contributed by atoms with Crippen LogP contribution in [0.15, 0.2) is 22.9 Å². The molecule has 0 aliphatic heterocycles. The zero-order valence-corrected chi connectivity index (χ0v) is 12.7. The second-order valence-electron chi connectivity index (χ2n) is 3.92. The smallest absolute Gasteiger partial charge is 0.257 e. The van der Waals surface area contributed by atoms with Gasteiger partial charge in [0, 0.05) is 11.1 Å². The van der Waals surface area contributed by atoms with Crippen LogP contribution in [0.5, 0.6) is 0 Å². The summed E-state index contributed by atoms with van der Waals surface area (Å²) in [5.74, 6) is -0.266. The van der Waals surface area contributed by atoms with Crippen molar-refractivity contribution in [2.45, 2.75) is 13.8 Å². The Morgan fingerprint density at radius 2 is 2.21 bits per heavy atom. The molecular formula is C13H10BrN3OS. The summed E-state index contributed by atoms with van der Waals surface area (Å²) < 4.78 is 0.671. The summed E-state index contributed by atoms with van der Waals surface area (Å²) in [5.41, 5.74) is 1.90. The lowest BCUT2D eigenvalue weighted by atomic mass is 10.2. The van der Waals surface area contributed by atoms with Gasteiger partial charge >= 0.3 is 0 Å². The molecule has 2 heterocycles. The van der Waals surface area contributed by atoms with Gasteiger partial charge in [0.15, 0.2) is 0 Å². The van der Waals surface area contributed by atoms with Gasteiger partial charge in [-0.15, -0.1) is 11.3 Å². The summed E-state index contributed by atoms with van der Waals surface area (Å²) >= 11 is 4.62. The maximum atomic E-state index is 12.0. The lowest BCUT2D eigenvalue weighted by Gasteiger charge is -2.03. The Hall–Kier alpha value is -1.71. The van der Waals surface area contributed by atoms with Crippen LogP contribution in [0, 0.1) is 25.2 Å². The lowest BCUT2D eigenvalue weighted by Crippen LogP contribution is -2.12. The molecule has 0 spiro atoms. The second kappa shape index (κ2) is 5.51. The summed E-state index contributed by atoms with van der Waals surface area (Å²) in [5, 5.41) is 12.5. The van der Waals surface area contributed by atoms with Crippen molar-refractivity contribution in [3.05, 3.63) is 44.5 Å². The van der Waals surface area contributed by atoms with Crippen molar-refractivity contribution in [3.8, 4) is 6.07 Å². The van der Waals surface area contributed by atoms with E-state index in [1.165, 1.54) is 17.5 Å². The molecule has 2 aromatic rings. The molecule has 96 valence electrons. The average Bonchev–Trinajstić information content (AvgIpc) is 2.65. The van der Waals surface area contributed by atoms with Crippen LogP contribution in [0.3, 0.4) is 0 Å². The summed E-state index contributed by atoms with van der Waals surface area (Å²) in [7, 11) is 0. The number of nitrogens with zero attached hydrogens (tertiary/aromatic N) is 2. The van der Waals surface area contributed by atoms with E-state index in [2.05, 4.69) is 32.3 Å². The maximum Gasteiger partial charge on any atom is 0.257 e. The zero-order chi connectivity index (χ0) is 14.0. The summed E-state index contributed by atoms with van der Waals surface area (Å²) in [6.07, 6.45) is 1.48. The number of nitriles is 1. The molecule has 0 saturated carbocycles. The minimum absolute atomic E-state index is 0.266. The Labute approximate surface area is 123 Å². The molecule has 0 atom stereocenters. The number of hydrogen-bond acceptors (Lipinski definition) is 4. The SMILES string of the molecule is Cc1sc(NC(=O)c2ccc(Br)nc2)c(C#N)c1C. The van der Waals surface area contributed by atoms with Gasteiger partial charge in [0.1, 0.15) is 15.7 Å². The van der Waals surface area contributed by atoms with Crippen LogP contribution in [0.2, 0.25) is 0 Å². The molecule has 4 nitrogen and oxygen atoms in total. The largest absolute Gasteiger partial charge is 0.312 e. The molecule has 0 fully saturated rings. The van der Waals surface area contributed by atoms with E-state index in [1.807, 2.05) is 13.8 Å². The van der Waals surface area contributed by atoms with Gasteiger partial charge in [-0.05, 0) is 47.5 Å². The van der Waals surface area contributed by atoms with Crippen molar-refractivity contribution in [3.63, 3.8) is 0 Å². The van der Waals surface area contributed by atoms with Crippen molar-refractivity contribution in [1.82, 2.24) is 4.98 Å². The first kappa shape index (κ1) is 13.7. The minimum atomic E-state index is -0.266. The van der Waals surface area contributed by atoms with Crippen molar-refractivity contribution in [2.24, 2.45) is 0 Å². The molecular weight excluding hydrogens is 326 g/mol. The number of anilines is 1. The van der Waals surface area contributed by atoms with E-state index in [9.17, 15) is 4.79 Å². The standard InChI is InChI=1S/C13H10BrN3OS/c1-7-8(2)19-13(10(7)5-15)17-12(18)9-3-4-11(14)16-6-9/h3-4,6H,1-2H3,(H,17,18). The highest BCUT2D eigenvalue weighted by Gasteiger charge is 2.15. The molecule has 0 bridgehead atoms. The Morgan fingerprint density at radius 3 is 2.79 bits per heavy atom. The van der Waals surface area contributed by atoms with Gasteiger partial charge in [-0.3, -0.25) is 4.79 Å². The van der Waals surface area contributed by atoms with Crippen LogP contribution in [0.1, 0.15) is 26.4 Å². The van der Waals surface area contributed by atoms with Crippen molar-refractivity contribution >= 4 is 38.2 Å². The topological polar surface area (TPSA) is 65.8 Å². The molecule has 0 aliphatic carbocycles. The average molecular weight is 336 g/mol. The second-order valence-corrected chi connectivity index (χ2v) is 5.96. The highest BCUT2D eigenvalue weighted by atomic mass is 79.9. The number of halogens is 1. The number of rotatable bonds is 2. The van der Waals surface area contributed by atoms with Crippen LogP contribution < -0.4 is 5.32 Å². The predicted molar refractivity (Wildman–Crippen MR) is 78.4 cm³/mol. The van der Waals surface area contributed by atoms with Gasteiger partial charge in [0.25, 0.3) is 5.91 Å². The molecule has 19 heavy (non-hydrogen) atoms. The molecule has 6 heteroatoms. The van der Waals surface area contributed by atoms with E-state index >= 15 is 0 Å². The zero-order valence-electron chi connectivity index (χ0n) is 10.3. The fourth-order valence-electron chi connectivity index (χ4n) is 1.54. The number of aryl methyl sites for hydroxylation is 1.